The third kappa shape index (κ3) is 2.39. The van der Waals surface area contributed by atoms with Crippen molar-refractivity contribution >= 4 is 12.7 Å². The summed E-state index contributed by atoms with van der Waals surface area (Å²) in [6.45, 7) is 5.46. The molecule has 0 aliphatic carbocycles. The van der Waals surface area contributed by atoms with E-state index < -0.39 is 0 Å². The summed E-state index contributed by atoms with van der Waals surface area (Å²) in [5, 5.41) is 0. The molecule has 0 radical (unpaired) electrons. The van der Waals surface area contributed by atoms with Crippen molar-refractivity contribution in [1.82, 2.24) is 4.90 Å². The first-order valence-corrected chi connectivity index (χ1v) is 5.16. The van der Waals surface area contributed by atoms with Crippen LogP contribution in [0.25, 0.3) is 0 Å². The van der Waals surface area contributed by atoms with E-state index in [1.54, 1.807) is 6.20 Å². The molecule has 0 aromatic heterocycles. The van der Waals surface area contributed by atoms with Crippen LogP contribution < -0.4 is 5.73 Å². The Bertz CT molecular complexity index is 388. The number of likely N-dealkylation sites (N-methyl/N-ethyl adjacent to an activating group) is 1. The zero-order valence-corrected chi connectivity index (χ0v) is 10.1. The van der Waals surface area contributed by atoms with Crippen molar-refractivity contribution in [1.29, 1.82) is 0 Å². The number of hydrogen-bond acceptors (Lipinski definition) is 3. The minimum atomic E-state index is 0.109. The van der Waals surface area contributed by atoms with Gasteiger partial charge < -0.3 is 0 Å². The fraction of sp³-hybridized carbons (Fsp3) is 0.333. The van der Waals surface area contributed by atoms with Gasteiger partial charge in [0.1, 0.15) is 6.04 Å². The topological polar surface area (TPSA) is 44.6 Å². The summed E-state index contributed by atoms with van der Waals surface area (Å²) >= 11 is 0. The molecule has 1 rings (SSSR count). The van der Waals surface area contributed by atoms with Gasteiger partial charge in [-0.05, 0) is 19.7 Å². The molecule has 0 amide bonds. The molecule has 1 unspecified atom stereocenters. The zero-order valence-electron chi connectivity index (χ0n) is 10.1. The fourth-order valence-electron chi connectivity index (χ4n) is 1.66. The summed E-state index contributed by atoms with van der Waals surface area (Å²) in [7, 11) is 3.88. The summed E-state index contributed by atoms with van der Waals surface area (Å²) in [6, 6.07) is 0.109. The van der Waals surface area contributed by atoms with Gasteiger partial charge in [0.05, 0.1) is 20.3 Å². The lowest BCUT2D eigenvalue weighted by Crippen LogP contribution is -2.45. The smallest absolute Gasteiger partial charge is 0.290 e. The highest BCUT2D eigenvalue weighted by Crippen LogP contribution is 2.13. The standard InChI is InChI=1S/C12H18N4/c1-5-6-10(9-14-2)11-7-8-15(3)12(13)16(11)4/h5-9,11,13H,2H2,1,3-4H3/p+1. The van der Waals surface area contributed by atoms with E-state index in [0.717, 1.165) is 5.57 Å². The van der Waals surface area contributed by atoms with Crippen LogP contribution in [-0.2, 0) is 0 Å². The maximum atomic E-state index is 5.96. The van der Waals surface area contributed by atoms with E-state index in [2.05, 4.69) is 17.8 Å². The second kappa shape index (κ2) is 5.30. The lowest BCUT2D eigenvalue weighted by Gasteiger charge is -2.23. The van der Waals surface area contributed by atoms with Crippen LogP contribution in [0.15, 0.2) is 41.2 Å². The van der Waals surface area contributed by atoms with Gasteiger partial charge in [-0.1, -0.05) is 12.2 Å². The maximum absolute atomic E-state index is 5.96. The number of hydrogen-bond donors (Lipinski definition) is 1. The number of rotatable bonds is 3. The molecular weight excluding hydrogens is 200 g/mol. The molecule has 86 valence electrons. The first kappa shape index (κ1) is 12.2. The molecule has 0 aromatic carbocycles. The number of guanidine groups is 1. The van der Waals surface area contributed by atoms with Gasteiger partial charge >= 0.3 is 5.96 Å². The Labute approximate surface area is 96.8 Å². The van der Waals surface area contributed by atoms with E-state index >= 15 is 0 Å². The van der Waals surface area contributed by atoms with Gasteiger partial charge in [-0.3, -0.25) is 15.3 Å². The molecule has 4 nitrogen and oxygen atoms in total. The molecule has 16 heavy (non-hydrogen) atoms. The SMILES string of the molecule is C=NC=C(C=CC)C1C=CN(C)C(N)=[N+]1C. The molecule has 0 fully saturated rings. The minimum absolute atomic E-state index is 0.109. The maximum Gasteiger partial charge on any atom is 0.350 e. The Balaban J connectivity index is 3.09. The highest BCUT2D eigenvalue weighted by atomic mass is 15.3. The summed E-state index contributed by atoms with van der Waals surface area (Å²) in [5.74, 6) is 0.715. The number of allylic oxidation sites excluding steroid dienone is 1. The van der Waals surface area contributed by atoms with Gasteiger partial charge in [0.25, 0.3) is 0 Å². The summed E-state index contributed by atoms with van der Waals surface area (Å²) in [6.07, 6.45) is 9.78. The van der Waals surface area contributed by atoms with Crippen LogP contribution in [-0.4, -0.2) is 42.3 Å². The van der Waals surface area contributed by atoms with Crippen LogP contribution >= 0.6 is 0 Å². The number of aliphatic imine (C=N–C) groups is 1. The first-order valence-electron chi connectivity index (χ1n) is 5.16. The van der Waals surface area contributed by atoms with Crippen LogP contribution in [0.2, 0.25) is 0 Å². The average molecular weight is 219 g/mol. The van der Waals surface area contributed by atoms with Gasteiger partial charge in [0.15, 0.2) is 0 Å². The molecule has 1 atom stereocenters. The van der Waals surface area contributed by atoms with Gasteiger partial charge in [-0.2, -0.15) is 0 Å². The molecule has 0 bridgehead atoms. The quantitative estimate of drug-likeness (QED) is 0.436. The molecule has 1 aliphatic heterocycles. The molecule has 1 heterocycles. The van der Waals surface area contributed by atoms with E-state index in [0.29, 0.717) is 5.96 Å². The summed E-state index contributed by atoms with van der Waals surface area (Å²) in [5.41, 5.74) is 7.02. The zero-order chi connectivity index (χ0) is 12.1. The van der Waals surface area contributed by atoms with Crippen molar-refractivity contribution in [3.63, 3.8) is 0 Å². The Morgan fingerprint density at radius 2 is 2.38 bits per heavy atom. The van der Waals surface area contributed by atoms with E-state index in [1.165, 1.54) is 0 Å². The number of nitrogens with two attached hydrogens (primary N) is 1. The third-order valence-electron chi connectivity index (χ3n) is 2.57. The second-order valence-corrected chi connectivity index (χ2v) is 3.68. The number of nitrogens with zero attached hydrogens (tertiary/aromatic N) is 3. The highest BCUT2D eigenvalue weighted by Gasteiger charge is 2.23. The van der Waals surface area contributed by atoms with E-state index in [-0.39, 0.29) is 6.04 Å². The fourth-order valence-corrected chi connectivity index (χ4v) is 1.66. The van der Waals surface area contributed by atoms with E-state index in [1.807, 2.05) is 48.8 Å². The predicted octanol–water partition coefficient (Wildman–Crippen LogP) is 0.932. The molecular formula is C12H19N4+. The van der Waals surface area contributed by atoms with Crippen molar-refractivity contribution < 1.29 is 4.58 Å². The van der Waals surface area contributed by atoms with Crippen molar-refractivity contribution in [3.05, 3.63) is 36.2 Å². The lowest BCUT2D eigenvalue weighted by molar-refractivity contribution is -0.523. The van der Waals surface area contributed by atoms with Crippen LogP contribution in [0.1, 0.15) is 6.92 Å². The molecule has 0 saturated carbocycles. The molecule has 1 aliphatic rings. The molecule has 4 heteroatoms. The monoisotopic (exact) mass is 219 g/mol. The Kier molecular flexibility index (Phi) is 4.05. The lowest BCUT2D eigenvalue weighted by atomic mass is 10.1. The Morgan fingerprint density at radius 1 is 1.69 bits per heavy atom. The summed E-state index contributed by atoms with van der Waals surface area (Å²) < 4.78 is 2.00. The Morgan fingerprint density at radius 3 is 2.94 bits per heavy atom. The third-order valence-corrected chi connectivity index (χ3v) is 2.57. The predicted molar refractivity (Wildman–Crippen MR) is 68.5 cm³/mol. The molecule has 0 aromatic rings. The van der Waals surface area contributed by atoms with Crippen LogP contribution in [0.5, 0.6) is 0 Å². The minimum Gasteiger partial charge on any atom is -0.290 e. The van der Waals surface area contributed by atoms with Gasteiger partial charge in [-0.25, -0.2) is 4.90 Å². The van der Waals surface area contributed by atoms with Gasteiger partial charge in [-0.15, -0.1) is 0 Å². The van der Waals surface area contributed by atoms with E-state index in [9.17, 15) is 0 Å². The van der Waals surface area contributed by atoms with Crippen molar-refractivity contribution in [2.24, 2.45) is 10.7 Å². The largest absolute Gasteiger partial charge is 0.350 e. The van der Waals surface area contributed by atoms with E-state index in [4.69, 9.17) is 5.73 Å². The van der Waals surface area contributed by atoms with Crippen molar-refractivity contribution in [2.45, 2.75) is 13.0 Å². The molecule has 2 N–H and O–H groups in total. The van der Waals surface area contributed by atoms with Crippen LogP contribution in [0, 0.1) is 0 Å². The van der Waals surface area contributed by atoms with Gasteiger partial charge in [0, 0.05) is 11.8 Å². The van der Waals surface area contributed by atoms with Crippen LogP contribution in [0.4, 0.5) is 0 Å². The highest BCUT2D eigenvalue weighted by molar-refractivity contribution is 5.74. The Hall–Kier alpha value is -1.84. The summed E-state index contributed by atoms with van der Waals surface area (Å²) in [4.78, 5) is 5.70. The van der Waals surface area contributed by atoms with Crippen molar-refractivity contribution in [3.8, 4) is 0 Å². The average Bonchev–Trinajstić information content (AvgIpc) is 2.26. The van der Waals surface area contributed by atoms with Crippen molar-refractivity contribution in [2.75, 3.05) is 14.1 Å². The normalized spacial score (nSPS) is 22.1. The molecule has 0 spiro atoms. The second-order valence-electron chi connectivity index (χ2n) is 3.68. The first-order chi connectivity index (χ1) is 7.61. The molecule has 0 saturated heterocycles. The van der Waals surface area contributed by atoms with Gasteiger partial charge in [0.2, 0.25) is 0 Å². The van der Waals surface area contributed by atoms with Crippen LogP contribution in [0.3, 0.4) is 0 Å².